The predicted molar refractivity (Wildman–Crippen MR) is 107 cm³/mol. The largest absolute Gasteiger partial charge is 0.416 e. The molecule has 10 heteroatoms. The number of halogens is 4. The minimum atomic E-state index is -4.36. The van der Waals surface area contributed by atoms with E-state index in [1.807, 2.05) is 4.90 Å². The van der Waals surface area contributed by atoms with Gasteiger partial charge in [-0.3, -0.25) is 9.69 Å². The van der Waals surface area contributed by atoms with Crippen LogP contribution in [0.15, 0.2) is 53.4 Å². The second-order valence-corrected chi connectivity index (χ2v) is 9.49. The van der Waals surface area contributed by atoms with Crippen molar-refractivity contribution in [1.82, 2.24) is 9.80 Å². The van der Waals surface area contributed by atoms with Crippen molar-refractivity contribution in [1.29, 1.82) is 0 Å². The zero-order chi connectivity index (χ0) is 21.9. The molecular weight excluding hydrogens is 441 g/mol. The van der Waals surface area contributed by atoms with Gasteiger partial charge < -0.3 is 4.90 Å². The predicted octanol–water partition coefficient (Wildman–Crippen LogP) is 3.48. The van der Waals surface area contributed by atoms with E-state index >= 15 is 0 Å². The number of hydrogen-bond donors (Lipinski definition) is 0. The van der Waals surface area contributed by atoms with Gasteiger partial charge in [0.25, 0.3) is 0 Å². The second-order valence-electron chi connectivity index (χ2n) is 7.06. The summed E-state index contributed by atoms with van der Waals surface area (Å²) in [4.78, 5) is 16.0. The van der Waals surface area contributed by atoms with Gasteiger partial charge in [-0.05, 0) is 42.0 Å². The van der Waals surface area contributed by atoms with E-state index in [9.17, 15) is 26.4 Å². The minimum Gasteiger partial charge on any atom is -0.339 e. The van der Waals surface area contributed by atoms with Crippen molar-refractivity contribution >= 4 is 27.3 Å². The molecule has 1 aliphatic heterocycles. The number of amides is 1. The number of carbonyl (C=O) groups is 1. The number of alkyl halides is 3. The fourth-order valence-corrected chi connectivity index (χ4v) is 4.54. The topological polar surface area (TPSA) is 57.7 Å². The Bertz CT molecular complexity index is 985. The zero-order valence-electron chi connectivity index (χ0n) is 15.9. The van der Waals surface area contributed by atoms with Crippen molar-refractivity contribution in [2.45, 2.75) is 17.6 Å². The van der Waals surface area contributed by atoms with Gasteiger partial charge in [0.05, 0.1) is 10.5 Å². The van der Waals surface area contributed by atoms with E-state index in [0.717, 1.165) is 17.7 Å². The highest BCUT2D eigenvalue weighted by Gasteiger charge is 2.30. The fraction of sp³-hybridized carbons (Fsp3) is 0.350. The summed E-state index contributed by atoms with van der Waals surface area (Å²) in [6.45, 7) is 2.19. The first-order valence-electron chi connectivity index (χ1n) is 9.19. The molecule has 0 radical (unpaired) electrons. The van der Waals surface area contributed by atoms with Crippen LogP contribution in [0, 0.1) is 0 Å². The lowest BCUT2D eigenvalue weighted by Gasteiger charge is -2.34. The molecule has 0 aromatic heterocycles. The molecule has 1 saturated heterocycles. The number of carbonyl (C=O) groups excluding carboxylic acids is 1. The quantitative estimate of drug-likeness (QED) is 0.685. The van der Waals surface area contributed by atoms with Crippen LogP contribution in [0.2, 0.25) is 5.02 Å². The Balaban J connectivity index is 1.52. The molecule has 0 spiro atoms. The molecule has 2 aromatic rings. The normalized spacial score (nSPS) is 15.9. The van der Waals surface area contributed by atoms with Crippen LogP contribution in [0.3, 0.4) is 0 Å². The molecule has 0 unspecified atom stereocenters. The van der Waals surface area contributed by atoms with Gasteiger partial charge in [-0.2, -0.15) is 13.2 Å². The molecule has 1 amide bonds. The average molecular weight is 461 g/mol. The van der Waals surface area contributed by atoms with Crippen LogP contribution < -0.4 is 0 Å². The van der Waals surface area contributed by atoms with Crippen molar-refractivity contribution in [3.05, 3.63) is 64.7 Å². The van der Waals surface area contributed by atoms with Gasteiger partial charge in [-0.1, -0.05) is 23.7 Å². The Hall–Kier alpha value is -2.10. The summed E-state index contributed by atoms with van der Waals surface area (Å²) in [7, 11) is -3.76. The first-order chi connectivity index (χ1) is 14.0. The Kier molecular flexibility index (Phi) is 6.74. The highest BCUT2D eigenvalue weighted by atomic mass is 35.5. The van der Waals surface area contributed by atoms with Gasteiger partial charge >= 0.3 is 6.18 Å². The minimum absolute atomic E-state index is 0.0428. The van der Waals surface area contributed by atoms with Crippen LogP contribution in [0.4, 0.5) is 13.2 Å². The lowest BCUT2D eigenvalue weighted by molar-refractivity contribution is -0.137. The molecule has 1 fully saturated rings. The Morgan fingerprint density at radius 3 is 2.03 bits per heavy atom. The summed E-state index contributed by atoms with van der Waals surface area (Å²) >= 11 is 5.76. The summed E-state index contributed by atoms with van der Waals surface area (Å²) < 4.78 is 62.8. The fourth-order valence-electron chi connectivity index (χ4n) is 3.19. The maximum absolute atomic E-state index is 12.6. The van der Waals surface area contributed by atoms with Gasteiger partial charge in [0.1, 0.15) is 5.75 Å². The first kappa shape index (κ1) is 22.6. The summed E-state index contributed by atoms with van der Waals surface area (Å²) in [5.74, 6) is -1.09. The van der Waals surface area contributed by atoms with Crippen LogP contribution in [0.1, 0.15) is 11.1 Å². The SMILES string of the molecule is O=C(CS(=O)(=O)c1ccc(Cl)cc1)N1CCN(Cc2ccc(C(F)(F)F)cc2)CC1. The third-order valence-electron chi connectivity index (χ3n) is 4.90. The summed E-state index contributed by atoms with van der Waals surface area (Å²) in [6, 6.07) is 10.6. The molecule has 0 bridgehead atoms. The number of hydrogen-bond acceptors (Lipinski definition) is 4. The Labute approximate surface area is 178 Å². The van der Waals surface area contributed by atoms with Crippen molar-refractivity contribution in [3.8, 4) is 0 Å². The molecule has 162 valence electrons. The van der Waals surface area contributed by atoms with Crippen molar-refractivity contribution in [2.75, 3.05) is 31.9 Å². The maximum Gasteiger partial charge on any atom is 0.416 e. The molecule has 0 atom stereocenters. The number of sulfone groups is 1. The highest BCUT2D eigenvalue weighted by molar-refractivity contribution is 7.92. The van der Waals surface area contributed by atoms with E-state index in [2.05, 4.69) is 0 Å². The van der Waals surface area contributed by atoms with Crippen LogP contribution in [0.25, 0.3) is 0 Å². The Morgan fingerprint density at radius 1 is 0.933 bits per heavy atom. The first-order valence-corrected chi connectivity index (χ1v) is 11.2. The van der Waals surface area contributed by atoms with E-state index in [4.69, 9.17) is 11.6 Å². The molecule has 2 aromatic carbocycles. The van der Waals surface area contributed by atoms with Crippen molar-refractivity contribution in [2.24, 2.45) is 0 Å². The monoisotopic (exact) mass is 460 g/mol. The Morgan fingerprint density at radius 2 is 1.50 bits per heavy atom. The number of nitrogens with zero attached hydrogens (tertiary/aromatic N) is 2. The van der Waals surface area contributed by atoms with E-state index in [1.165, 1.54) is 41.3 Å². The molecule has 0 saturated carbocycles. The summed E-state index contributed by atoms with van der Waals surface area (Å²) in [5.41, 5.74) is 0.0525. The van der Waals surface area contributed by atoms with Crippen LogP contribution in [-0.4, -0.2) is 56.1 Å². The summed E-state index contributed by atoms with van der Waals surface area (Å²) in [6.07, 6.45) is -4.36. The molecule has 1 aliphatic rings. The van der Waals surface area contributed by atoms with Crippen LogP contribution in [-0.2, 0) is 27.4 Å². The van der Waals surface area contributed by atoms with Crippen LogP contribution in [0.5, 0.6) is 0 Å². The third-order valence-corrected chi connectivity index (χ3v) is 6.77. The molecule has 0 N–H and O–H groups in total. The average Bonchev–Trinajstić information content (AvgIpc) is 2.68. The molecule has 0 aliphatic carbocycles. The smallest absolute Gasteiger partial charge is 0.339 e. The number of benzene rings is 2. The molecule has 3 rings (SSSR count). The number of rotatable bonds is 5. The van der Waals surface area contributed by atoms with E-state index in [0.29, 0.717) is 37.7 Å². The van der Waals surface area contributed by atoms with Gasteiger partial charge in [0.2, 0.25) is 5.91 Å². The summed E-state index contributed by atoms with van der Waals surface area (Å²) in [5, 5.41) is 0.407. The zero-order valence-corrected chi connectivity index (χ0v) is 17.5. The maximum atomic E-state index is 12.6. The van der Waals surface area contributed by atoms with E-state index in [-0.39, 0.29) is 4.90 Å². The van der Waals surface area contributed by atoms with Gasteiger partial charge in [0.15, 0.2) is 9.84 Å². The van der Waals surface area contributed by atoms with Gasteiger partial charge in [-0.15, -0.1) is 0 Å². The van der Waals surface area contributed by atoms with Crippen molar-refractivity contribution < 1.29 is 26.4 Å². The van der Waals surface area contributed by atoms with Gasteiger partial charge in [-0.25, -0.2) is 8.42 Å². The van der Waals surface area contributed by atoms with E-state index in [1.54, 1.807) is 0 Å². The molecule has 5 nitrogen and oxygen atoms in total. The lowest BCUT2D eigenvalue weighted by Crippen LogP contribution is -2.49. The second kappa shape index (κ2) is 8.95. The molecule has 1 heterocycles. The van der Waals surface area contributed by atoms with E-state index < -0.39 is 33.2 Å². The standard InChI is InChI=1S/C20H20ClF3N2O3S/c21-17-5-7-18(8-6-17)30(28,29)14-19(27)26-11-9-25(10-12-26)13-15-1-3-16(4-2-15)20(22,23)24/h1-8H,9-14H2. The highest BCUT2D eigenvalue weighted by Crippen LogP contribution is 2.29. The van der Waals surface area contributed by atoms with Gasteiger partial charge in [0, 0.05) is 37.7 Å². The lowest BCUT2D eigenvalue weighted by atomic mass is 10.1. The van der Waals surface area contributed by atoms with Crippen LogP contribution >= 0.6 is 11.6 Å². The molecular formula is C20H20ClF3N2O3S. The molecule has 30 heavy (non-hydrogen) atoms. The third kappa shape index (κ3) is 5.74. The van der Waals surface area contributed by atoms with Crippen molar-refractivity contribution in [3.63, 3.8) is 0 Å². The number of piperazine rings is 1.